The molecule has 1 N–H and O–H groups in total. The standard InChI is InChI=1S/C26H28N2O3/c1-30-23-14-12-22(13-15-23)24(20-8-4-2-5-9-20)27-25(21-10-6-3-7-11-21)26(29)28-16-18-31-19-17-28/h2-15,24-25,27H,16-19H2,1H3/t24-,25+/m0/s1. The predicted octanol–water partition coefficient (Wildman–Crippen LogP) is 3.97. The topological polar surface area (TPSA) is 50.8 Å². The molecule has 0 aliphatic carbocycles. The largest absolute Gasteiger partial charge is 0.497 e. The van der Waals surface area contributed by atoms with E-state index in [9.17, 15) is 4.79 Å². The van der Waals surface area contributed by atoms with Crippen molar-refractivity contribution in [2.45, 2.75) is 12.1 Å². The summed E-state index contributed by atoms with van der Waals surface area (Å²) >= 11 is 0. The van der Waals surface area contributed by atoms with Crippen LogP contribution in [0.4, 0.5) is 0 Å². The van der Waals surface area contributed by atoms with Crippen molar-refractivity contribution in [1.82, 2.24) is 10.2 Å². The molecule has 5 heteroatoms. The Balaban J connectivity index is 1.70. The smallest absolute Gasteiger partial charge is 0.244 e. The lowest BCUT2D eigenvalue weighted by Crippen LogP contribution is -2.47. The number of hydrogen-bond acceptors (Lipinski definition) is 4. The van der Waals surface area contributed by atoms with Crippen LogP contribution in [0.5, 0.6) is 5.75 Å². The van der Waals surface area contributed by atoms with E-state index in [-0.39, 0.29) is 11.9 Å². The van der Waals surface area contributed by atoms with E-state index >= 15 is 0 Å². The zero-order valence-electron chi connectivity index (χ0n) is 17.7. The second kappa shape index (κ2) is 10.2. The summed E-state index contributed by atoms with van der Waals surface area (Å²) in [6, 6.07) is 27.5. The third-order valence-corrected chi connectivity index (χ3v) is 5.62. The van der Waals surface area contributed by atoms with Gasteiger partial charge in [-0.25, -0.2) is 0 Å². The summed E-state index contributed by atoms with van der Waals surface area (Å²) in [6.07, 6.45) is 0. The number of hydrogen-bond donors (Lipinski definition) is 1. The summed E-state index contributed by atoms with van der Waals surface area (Å²) in [5.41, 5.74) is 3.12. The molecule has 4 rings (SSSR count). The molecule has 0 aromatic heterocycles. The van der Waals surface area contributed by atoms with Crippen LogP contribution in [0.1, 0.15) is 28.8 Å². The van der Waals surface area contributed by atoms with Gasteiger partial charge in [-0.15, -0.1) is 0 Å². The first-order valence-electron chi connectivity index (χ1n) is 10.6. The highest BCUT2D eigenvalue weighted by Gasteiger charge is 2.30. The molecule has 31 heavy (non-hydrogen) atoms. The molecule has 1 amide bonds. The lowest BCUT2D eigenvalue weighted by molar-refractivity contribution is -0.137. The fraction of sp³-hybridized carbons (Fsp3) is 0.269. The summed E-state index contributed by atoms with van der Waals surface area (Å²) in [7, 11) is 1.66. The molecule has 0 unspecified atom stereocenters. The van der Waals surface area contributed by atoms with Gasteiger partial charge in [0.15, 0.2) is 0 Å². The van der Waals surface area contributed by atoms with Crippen molar-refractivity contribution in [3.05, 3.63) is 102 Å². The minimum absolute atomic E-state index is 0.0731. The number of benzene rings is 3. The average molecular weight is 417 g/mol. The van der Waals surface area contributed by atoms with Gasteiger partial charge in [0.05, 0.1) is 26.4 Å². The van der Waals surface area contributed by atoms with E-state index in [4.69, 9.17) is 9.47 Å². The van der Waals surface area contributed by atoms with Crippen LogP contribution in [0.15, 0.2) is 84.9 Å². The molecule has 0 saturated carbocycles. The summed E-state index contributed by atoms with van der Waals surface area (Å²) < 4.78 is 10.8. The van der Waals surface area contributed by atoms with Crippen molar-refractivity contribution in [3.8, 4) is 5.75 Å². The summed E-state index contributed by atoms with van der Waals surface area (Å²) in [6.45, 7) is 2.38. The van der Waals surface area contributed by atoms with Crippen LogP contribution in [0.25, 0.3) is 0 Å². The van der Waals surface area contributed by atoms with Gasteiger partial charge in [-0.3, -0.25) is 10.1 Å². The quantitative estimate of drug-likeness (QED) is 0.633. The average Bonchev–Trinajstić information content (AvgIpc) is 2.86. The van der Waals surface area contributed by atoms with E-state index in [0.29, 0.717) is 26.3 Å². The third kappa shape index (κ3) is 5.13. The predicted molar refractivity (Wildman–Crippen MR) is 121 cm³/mol. The Hall–Kier alpha value is -3.15. The Kier molecular flexibility index (Phi) is 6.97. The number of ether oxygens (including phenoxy) is 2. The molecule has 0 bridgehead atoms. The molecular weight excluding hydrogens is 388 g/mol. The molecule has 1 aliphatic rings. The Bertz CT molecular complexity index is 955. The maximum Gasteiger partial charge on any atom is 0.244 e. The number of nitrogens with zero attached hydrogens (tertiary/aromatic N) is 1. The zero-order valence-corrected chi connectivity index (χ0v) is 17.7. The molecule has 160 valence electrons. The Morgan fingerprint density at radius 2 is 1.39 bits per heavy atom. The highest BCUT2D eigenvalue weighted by atomic mass is 16.5. The number of methoxy groups -OCH3 is 1. The number of amides is 1. The first-order valence-corrected chi connectivity index (χ1v) is 10.6. The molecule has 1 heterocycles. The van der Waals surface area contributed by atoms with Gasteiger partial charge < -0.3 is 14.4 Å². The number of morpholine rings is 1. The lowest BCUT2D eigenvalue weighted by atomic mass is 9.95. The Labute approximate surface area is 183 Å². The van der Waals surface area contributed by atoms with Gasteiger partial charge in [0.1, 0.15) is 11.8 Å². The number of carbonyl (C=O) groups excluding carboxylic acids is 1. The fourth-order valence-electron chi connectivity index (χ4n) is 3.92. The number of carbonyl (C=O) groups is 1. The van der Waals surface area contributed by atoms with Gasteiger partial charge in [-0.05, 0) is 28.8 Å². The molecule has 0 radical (unpaired) electrons. The van der Waals surface area contributed by atoms with Crippen LogP contribution in [-0.2, 0) is 9.53 Å². The van der Waals surface area contributed by atoms with Crippen molar-refractivity contribution >= 4 is 5.91 Å². The summed E-state index contributed by atoms with van der Waals surface area (Å²) in [5.74, 6) is 0.878. The van der Waals surface area contributed by atoms with E-state index in [1.165, 1.54) is 0 Å². The van der Waals surface area contributed by atoms with Crippen molar-refractivity contribution in [1.29, 1.82) is 0 Å². The van der Waals surface area contributed by atoms with E-state index in [1.807, 2.05) is 77.7 Å². The van der Waals surface area contributed by atoms with Crippen LogP contribution >= 0.6 is 0 Å². The molecule has 1 aliphatic heterocycles. The van der Waals surface area contributed by atoms with Gasteiger partial charge in [-0.2, -0.15) is 0 Å². The minimum Gasteiger partial charge on any atom is -0.497 e. The second-order valence-electron chi connectivity index (χ2n) is 7.56. The maximum atomic E-state index is 13.6. The zero-order chi connectivity index (χ0) is 21.5. The highest BCUT2D eigenvalue weighted by Crippen LogP contribution is 2.28. The van der Waals surface area contributed by atoms with E-state index in [0.717, 1.165) is 22.4 Å². The van der Waals surface area contributed by atoms with Gasteiger partial charge in [0.25, 0.3) is 0 Å². The minimum atomic E-state index is -0.466. The maximum absolute atomic E-state index is 13.6. The number of nitrogens with one attached hydrogen (secondary N) is 1. The first kappa shape index (κ1) is 21.1. The molecule has 1 saturated heterocycles. The highest BCUT2D eigenvalue weighted by molar-refractivity contribution is 5.83. The normalized spacial score (nSPS) is 15.8. The molecule has 0 spiro atoms. The van der Waals surface area contributed by atoms with E-state index < -0.39 is 6.04 Å². The van der Waals surface area contributed by atoms with Crippen molar-refractivity contribution in [3.63, 3.8) is 0 Å². The van der Waals surface area contributed by atoms with Gasteiger partial charge in [-0.1, -0.05) is 72.8 Å². The van der Waals surface area contributed by atoms with Gasteiger partial charge >= 0.3 is 0 Å². The lowest BCUT2D eigenvalue weighted by Gasteiger charge is -2.33. The van der Waals surface area contributed by atoms with Gasteiger partial charge in [0.2, 0.25) is 5.91 Å². The van der Waals surface area contributed by atoms with Crippen molar-refractivity contribution in [2.24, 2.45) is 0 Å². The SMILES string of the molecule is COc1ccc([C@@H](N[C@@H](C(=O)N2CCOCC2)c2ccccc2)c2ccccc2)cc1. The second-order valence-corrected chi connectivity index (χ2v) is 7.56. The monoisotopic (exact) mass is 416 g/mol. The molecule has 5 nitrogen and oxygen atoms in total. The number of rotatable bonds is 7. The molecule has 3 aromatic carbocycles. The molecule has 1 fully saturated rings. The van der Waals surface area contributed by atoms with Crippen molar-refractivity contribution < 1.29 is 14.3 Å². The van der Waals surface area contributed by atoms with Crippen LogP contribution in [0.3, 0.4) is 0 Å². The third-order valence-electron chi connectivity index (χ3n) is 5.62. The van der Waals surface area contributed by atoms with Crippen molar-refractivity contribution in [2.75, 3.05) is 33.4 Å². The molecule has 3 aromatic rings. The first-order chi connectivity index (χ1) is 15.3. The van der Waals surface area contributed by atoms with Crippen LogP contribution in [0.2, 0.25) is 0 Å². The van der Waals surface area contributed by atoms with E-state index in [1.54, 1.807) is 7.11 Å². The molecule has 2 atom stereocenters. The Morgan fingerprint density at radius 3 is 1.97 bits per heavy atom. The molecular formula is C26H28N2O3. The Morgan fingerprint density at radius 1 is 0.839 bits per heavy atom. The fourth-order valence-corrected chi connectivity index (χ4v) is 3.92. The van der Waals surface area contributed by atoms with Gasteiger partial charge in [0, 0.05) is 13.1 Å². The van der Waals surface area contributed by atoms with Crippen LogP contribution in [0, 0.1) is 0 Å². The summed E-state index contributed by atoms with van der Waals surface area (Å²) in [4.78, 5) is 15.5. The summed E-state index contributed by atoms with van der Waals surface area (Å²) in [5, 5.41) is 3.66. The van der Waals surface area contributed by atoms with E-state index in [2.05, 4.69) is 17.4 Å². The van der Waals surface area contributed by atoms with Crippen LogP contribution in [-0.4, -0.2) is 44.2 Å². The van der Waals surface area contributed by atoms with Crippen LogP contribution < -0.4 is 10.1 Å².